The summed E-state index contributed by atoms with van der Waals surface area (Å²) in [5, 5.41) is 0. The molecule has 3 nitrogen and oxygen atoms in total. The lowest BCUT2D eigenvalue weighted by Gasteiger charge is -2.44. The summed E-state index contributed by atoms with van der Waals surface area (Å²) in [5.41, 5.74) is 5.57. The smallest absolute Gasteiger partial charge is 0.242 e. The molecule has 0 spiro atoms. The molecule has 2 unspecified atom stereocenters. The van der Waals surface area contributed by atoms with Gasteiger partial charge in [0.05, 0.1) is 5.54 Å². The van der Waals surface area contributed by atoms with E-state index in [0.717, 1.165) is 44.7 Å². The van der Waals surface area contributed by atoms with E-state index in [9.17, 15) is 4.79 Å². The Kier molecular flexibility index (Phi) is 2.75. The van der Waals surface area contributed by atoms with Crippen LogP contribution in [0.5, 0.6) is 0 Å². The summed E-state index contributed by atoms with van der Waals surface area (Å²) in [6, 6.07) is 0. The number of rotatable bonds is 1. The summed E-state index contributed by atoms with van der Waals surface area (Å²) in [6.45, 7) is 6.31. The number of carbonyl (C=O) groups is 1. The zero-order valence-electron chi connectivity index (χ0n) is 9.83. The Bertz CT molecular complexity index is 260. The van der Waals surface area contributed by atoms with Gasteiger partial charge >= 0.3 is 0 Å². The highest BCUT2D eigenvalue weighted by molar-refractivity contribution is 5.87. The van der Waals surface area contributed by atoms with Gasteiger partial charge in [0, 0.05) is 13.1 Å². The fraction of sp³-hybridized carbons (Fsp3) is 0.917. The molecule has 1 saturated heterocycles. The molecule has 3 heteroatoms. The second-order valence-electron chi connectivity index (χ2n) is 5.50. The van der Waals surface area contributed by atoms with Gasteiger partial charge in [-0.15, -0.1) is 0 Å². The first-order chi connectivity index (χ1) is 7.03. The highest BCUT2D eigenvalue weighted by Gasteiger charge is 2.43. The number of carbonyl (C=O) groups excluding carboxylic acids is 1. The van der Waals surface area contributed by atoms with E-state index in [1.54, 1.807) is 0 Å². The van der Waals surface area contributed by atoms with Crippen molar-refractivity contribution in [1.82, 2.24) is 4.90 Å². The molecule has 2 fully saturated rings. The highest BCUT2D eigenvalue weighted by Crippen LogP contribution is 2.33. The minimum absolute atomic E-state index is 0.201. The van der Waals surface area contributed by atoms with Gasteiger partial charge in [-0.25, -0.2) is 0 Å². The van der Waals surface area contributed by atoms with Gasteiger partial charge in [0.2, 0.25) is 5.91 Å². The number of amides is 1. The van der Waals surface area contributed by atoms with Crippen LogP contribution in [-0.4, -0.2) is 29.4 Å². The first-order valence-corrected chi connectivity index (χ1v) is 6.11. The topological polar surface area (TPSA) is 46.3 Å². The fourth-order valence-electron chi connectivity index (χ4n) is 2.53. The zero-order chi connectivity index (χ0) is 11.1. The quantitative estimate of drug-likeness (QED) is 0.710. The monoisotopic (exact) mass is 210 g/mol. The van der Waals surface area contributed by atoms with E-state index in [4.69, 9.17) is 5.73 Å². The van der Waals surface area contributed by atoms with E-state index in [2.05, 4.69) is 13.8 Å². The Morgan fingerprint density at radius 3 is 2.47 bits per heavy atom. The van der Waals surface area contributed by atoms with E-state index >= 15 is 0 Å². The van der Waals surface area contributed by atoms with Gasteiger partial charge in [-0.2, -0.15) is 0 Å². The average Bonchev–Trinajstić information content (AvgIpc) is 2.17. The molecule has 1 saturated carbocycles. The fourth-order valence-corrected chi connectivity index (χ4v) is 2.53. The van der Waals surface area contributed by atoms with Crippen LogP contribution in [0.15, 0.2) is 0 Å². The predicted molar refractivity (Wildman–Crippen MR) is 60.3 cm³/mol. The molecule has 2 N–H and O–H groups in total. The first kappa shape index (κ1) is 10.9. The lowest BCUT2D eigenvalue weighted by atomic mass is 9.76. The largest absolute Gasteiger partial charge is 0.341 e. The Morgan fingerprint density at radius 1 is 1.33 bits per heavy atom. The van der Waals surface area contributed by atoms with Crippen molar-refractivity contribution in [3.63, 3.8) is 0 Å². The second kappa shape index (κ2) is 3.78. The number of piperidine rings is 1. The predicted octanol–water partition coefficient (Wildman–Crippen LogP) is 1.37. The minimum Gasteiger partial charge on any atom is -0.341 e. The minimum atomic E-state index is -0.500. The molecule has 2 aliphatic rings. The van der Waals surface area contributed by atoms with Gasteiger partial charge in [0.15, 0.2) is 0 Å². The Labute approximate surface area is 92.0 Å². The molecule has 1 aliphatic carbocycles. The molecule has 2 rings (SSSR count). The normalized spacial score (nSPS) is 34.7. The van der Waals surface area contributed by atoms with Crippen molar-refractivity contribution >= 4 is 5.91 Å². The van der Waals surface area contributed by atoms with Gasteiger partial charge in [-0.05, 0) is 37.5 Å². The van der Waals surface area contributed by atoms with Crippen LogP contribution < -0.4 is 5.73 Å². The summed E-state index contributed by atoms with van der Waals surface area (Å²) in [4.78, 5) is 14.1. The van der Waals surface area contributed by atoms with Crippen molar-refractivity contribution in [2.45, 2.75) is 45.1 Å². The van der Waals surface area contributed by atoms with Gasteiger partial charge in [0.1, 0.15) is 0 Å². The highest BCUT2D eigenvalue weighted by atomic mass is 16.2. The van der Waals surface area contributed by atoms with Gasteiger partial charge in [0.25, 0.3) is 0 Å². The van der Waals surface area contributed by atoms with Crippen molar-refractivity contribution in [3.05, 3.63) is 0 Å². The van der Waals surface area contributed by atoms with Crippen LogP contribution in [0.25, 0.3) is 0 Å². The molecule has 0 radical (unpaired) electrons. The lowest BCUT2D eigenvalue weighted by molar-refractivity contribution is -0.142. The van der Waals surface area contributed by atoms with Crippen LogP contribution in [0.3, 0.4) is 0 Å². The van der Waals surface area contributed by atoms with E-state index in [-0.39, 0.29) is 5.91 Å². The molecular formula is C12H22N2O. The number of likely N-dealkylation sites (tertiary alicyclic amines) is 1. The van der Waals surface area contributed by atoms with E-state index in [0.29, 0.717) is 5.92 Å². The number of hydrogen-bond acceptors (Lipinski definition) is 2. The maximum absolute atomic E-state index is 12.2. The van der Waals surface area contributed by atoms with Crippen LogP contribution in [0.4, 0.5) is 0 Å². The summed E-state index contributed by atoms with van der Waals surface area (Å²) in [7, 11) is 0. The third-order valence-electron chi connectivity index (χ3n) is 4.29. The Balaban J connectivity index is 1.97. The number of nitrogens with two attached hydrogens (primary N) is 1. The van der Waals surface area contributed by atoms with Crippen molar-refractivity contribution < 1.29 is 4.79 Å². The Hall–Kier alpha value is -0.570. The maximum Gasteiger partial charge on any atom is 0.242 e. The van der Waals surface area contributed by atoms with Crippen LogP contribution in [0, 0.1) is 11.8 Å². The van der Waals surface area contributed by atoms with Crippen LogP contribution in [0.1, 0.15) is 39.5 Å². The van der Waals surface area contributed by atoms with Crippen LogP contribution in [-0.2, 0) is 4.79 Å². The van der Waals surface area contributed by atoms with E-state index in [1.165, 1.54) is 0 Å². The molecule has 1 heterocycles. The third kappa shape index (κ3) is 1.89. The van der Waals surface area contributed by atoms with Crippen molar-refractivity contribution in [1.29, 1.82) is 0 Å². The summed E-state index contributed by atoms with van der Waals surface area (Å²) in [5.74, 6) is 1.56. The van der Waals surface area contributed by atoms with E-state index in [1.807, 2.05) is 4.90 Å². The van der Waals surface area contributed by atoms with Gasteiger partial charge in [-0.1, -0.05) is 13.8 Å². The van der Waals surface area contributed by atoms with Crippen molar-refractivity contribution in [2.75, 3.05) is 13.1 Å². The second-order valence-corrected chi connectivity index (χ2v) is 5.50. The molecule has 1 amide bonds. The van der Waals surface area contributed by atoms with Gasteiger partial charge in [-0.3, -0.25) is 4.79 Å². The Morgan fingerprint density at radius 2 is 2.00 bits per heavy atom. The van der Waals surface area contributed by atoms with Crippen LogP contribution in [0.2, 0.25) is 0 Å². The zero-order valence-corrected chi connectivity index (χ0v) is 9.83. The summed E-state index contributed by atoms with van der Waals surface area (Å²) >= 11 is 0. The van der Waals surface area contributed by atoms with Crippen molar-refractivity contribution in [2.24, 2.45) is 17.6 Å². The molecule has 0 aromatic carbocycles. The standard InChI is InChI=1S/C12H22N2O/c1-9-4-7-14(8-10(9)2)11(15)12(13)5-3-6-12/h9-10H,3-8,13H2,1-2H3. The lowest BCUT2D eigenvalue weighted by Crippen LogP contribution is -2.61. The average molecular weight is 210 g/mol. The van der Waals surface area contributed by atoms with Crippen LogP contribution >= 0.6 is 0 Å². The summed E-state index contributed by atoms with van der Waals surface area (Å²) in [6.07, 6.45) is 4.00. The molecule has 1 aliphatic heterocycles. The third-order valence-corrected chi connectivity index (χ3v) is 4.29. The molecule has 0 bridgehead atoms. The van der Waals surface area contributed by atoms with E-state index < -0.39 is 5.54 Å². The SMILES string of the molecule is CC1CCN(C(=O)C2(N)CCC2)CC1C. The molecule has 2 atom stereocenters. The number of nitrogens with zero attached hydrogens (tertiary/aromatic N) is 1. The molecule has 15 heavy (non-hydrogen) atoms. The number of hydrogen-bond donors (Lipinski definition) is 1. The molecule has 0 aromatic heterocycles. The summed E-state index contributed by atoms with van der Waals surface area (Å²) < 4.78 is 0. The molecule has 86 valence electrons. The maximum atomic E-state index is 12.2. The molecule has 0 aromatic rings. The van der Waals surface area contributed by atoms with Gasteiger partial charge < -0.3 is 10.6 Å². The first-order valence-electron chi connectivity index (χ1n) is 6.11. The van der Waals surface area contributed by atoms with Crippen molar-refractivity contribution in [3.8, 4) is 0 Å². The molecular weight excluding hydrogens is 188 g/mol.